The molecule has 0 spiro atoms. The van der Waals surface area contributed by atoms with Crippen molar-refractivity contribution >= 4 is 17.3 Å². The molecule has 0 bridgehead atoms. The molecule has 0 fully saturated rings. The summed E-state index contributed by atoms with van der Waals surface area (Å²) in [4.78, 5) is 20.7. The van der Waals surface area contributed by atoms with E-state index in [9.17, 15) is 9.18 Å². The van der Waals surface area contributed by atoms with Crippen molar-refractivity contribution in [3.05, 3.63) is 88.5 Å². The van der Waals surface area contributed by atoms with Crippen molar-refractivity contribution in [2.24, 2.45) is 0 Å². The average molecular weight is 490 g/mol. The number of anilines is 2. The second-order valence-electron chi connectivity index (χ2n) is 9.46. The number of hydrogen-bond acceptors (Lipinski definition) is 5. The first-order chi connectivity index (χ1) is 17.5. The molecular formula is C30H36FN3O2. The maximum absolute atomic E-state index is 14.8. The van der Waals surface area contributed by atoms with Gasteiger partial charge in [-0.1, -0.05) is 24.3 Å². The van der Waals surface area contributed by atoms with E-state index < -0.39 is 0 Å². The molecule has 36 heavy (non-hydrogen) atoms. The first-order valence-electron chi connectivity index (χ1n) is 12.9. The zero-order valence-electron chi connectivity index (χ0n) is 21.6. The standard InChI is InChI=1S/C30H36FN3O2/c1-4-36-29(35)15-13-23-12-14-27(20-28(23)31)33(3)21-25-11-10-24-8-7-18-34(30(24)22(25)2)19-16-26-9-5-6-17-32-26/h5-6,9-12,14,17,20H,4,7-8,13,15-16,18-19,21H2,1-3H3. The number of pyridine rings is 1. The van der Waals surface area contributed by atoms with Crippen molar-refractivity contribution in [3.8, 4) is 0 Å². The third-order valence-electron chi connectivity index (χ3n) is 6.97. The number of nitrogens with zero attached hydrogens (tertiary/aromatic N) is 3. The van der Waals surface area contributed by atoms with E-state index in [1.54, 1.807) is 19.1 Å². The Balaban J connectivity index is 1.46. The minimum absolute atomic E-state index is 0.186. The molecule has 0 saturated carbocycles. The summed E-state index contributed by atoms with van der Waals surface area (Å²) in [6.45, 7) is 7.01. The summed E-state index contributed by atoms with van der Waals surface area (Å²) in [5.41, 5.74) is 7.77. The van der Waals surface area contributed by atoms with Gasteiger partial charge in [0.1, 0.15) is 5.82 Å². The highest BCUT2D eigenvalue weighted by Crippen LogP contribution is 2.34. The Morgan fingerprint density at radius 3 is 2.72 bits per heavy atom. The summed E-state index contributed by atoms with van der Waals surface area (Å²) in [6, 6.07) is 15.8. The van der Waals surface area contributed by atoms with E-state index in [-0.39, 0.29) is 18.2 Å². The van der Waals surface area contributed by atoms with E-state index >= 15 is 0 Å². The van der Waals surface area contributed by atoms with Crippen LogP contribution in [0.4, 0.5) is 15.8 Å². The zero-order chi connectivity index (χ0) is 25.5. The summed E-state index contributed by atoms with van der Waals surface area (Å²) >= 11 is 0. The van der Waals surface area contributed by atoms with Gasteiger partial charge in [0.25, 0.3) is 0 Å². The SMILES string of the molecule is CCOC(=O)CCc1ccc(N(C)Cc2ccc3c(c2C)N(CCc2ccccn2)CCC3)cc1F. The normalized spacial score (nSPS) is 12.8. The maximum Gasteiger partial charge on any atom is 0.306 e. The lowest BCUT2D eigenvalue weighted by Crippen LogP contribution is -2.32. The highest BCUT2D eigenvalue weighted by Gasteiger charge is 2.21. The minimum atomic E-state index is -0.296. The fourth-order valence-corrected chi connectivity index (χ4v) is 5.00. The molecule has 0 N–H and O–H groups in total. The third-order valence-corrected chi connectivity index (χ3v) is 6.97. The molecule has 4 rings (SSSR count). The molecule has 0 radical (unpaired) electrons. The number of ether oxygens (including phenoxy) is 1. The molecule has 2 heterocycles. The molecule has 0 atom stereocenters. The van der Waals surface area contributed by atoms with Gasteiger partial charge in [0.15, 0.2) is 0 Å². The zero-order valence-corrected chi connectivity index (χ0v) is 21.6. The van der Waals surface area contributed by atoms with E-state index in [2.05, 4.69) is 39.9 Å². The van der Waals surface area contributed by atoms with E-state index in [0.717, 1.165) is 43.7 Å². The molecule has 5 nitrogen and oxygen atoms in total. The van der Waals surface area contributed by atoms with Crippen LogP contribution in [0.15, 0.2) is 54.7 Å². The van der Waals surface area contributed by atoms with Crippen LogP contribution in [0.25, 0.3) is 0 Å². The predicted octanol–water partition coefficient (Wildman–Crippen LogP) is 5.66. The maximum atomic E-state index is 14.8. The van der Waals surface area contributed by atoms with Crippen LogP contribution in [-0.4, -0.2) is 37.7 Å². The third kappa shape index (κ3) is 6.23. The van der Waals surface area contributed by atoms with Crippen LogP contribution < -0.4 is 9.80 Å². The van der Waals surface area contributed by atoms with Crippen molar-refractivity contribution in [2.45, 2.75) is 52.5 Å². The molecule has 1 aliphatic rings. The Bertz CT molecular complexity index is 1180. The van der Waals surface area contributed by atoms with Crippen LogP contribution in [0.3, 0.4) is 0 Å². The molecule has 1 aromatic heterocycles. The minimum Gasteiger partial charge on any atom is -0.466 e. The van der Waals surface area contributed by atoms with Gasteiger partial charge in [-0.25, -0.2) is 4.39 Å². The summed E-state index contributed by atoms with van der Waals surface area (Å²) in [6.07, 6.45) is 5.57. The Hall–Kier alpha value is -3.41. The Kier molecular flexibility index (Phi) is 8.57. The van der Waals surface area contributed by atoms with Crippen LogP contribution in [0.5, 0.6) is 0 Å². The average Bonchev–Trinajstić information content (AvgIpc) is 2.89. The van der Waals surface area contributed by atoms with Crippen molar-refractivity contribution in [3.63, 3.8) is 0 Å². The van der Waals surface area contributed by atoms with Crippen LogP contribution >= 0.6 is 0 Å². The van der Waals surface area contributed by atoms with Gasteiger partial charge in [-0.15, -0.1) is 0 Å². The summed E-state index contributed by atoms with van der Waals surface area (Å²) < 4.78 is 19.7. The fraction of sp³-hybridized carbons (Fsp3) is 0.400. The monoisotopic (exact) mass is 489 g/mol. The van der Waals surface area contributed by atoms with Crippen molar-refractivity contribution in [1.82, 2.24) is 4.98 Å². The highest BCUT2D eigenvalue weighted by molar-refractivity contribution is 5.69. The van der Waals surface area contributed by atoms with Gasteiger partial charge < -0.3 is 14.5 Å². The van der Waals surface area contributed by atoms with Crippen LogP contribution in [-0.2, 0) is 35.3 Å². The molecule has 190 valence electrons. The Morgan fingerprint density at radius 2 is 1.97 bits per heavy atom. The molecular weight excluding hydrogens is 453 g/mol. The molecule has 0 unspecified atom stereocenters. The van der Waals surface area contributed by atoms with Crippen molar-refractivity contribution in [2.75, 3.05) is 36.5 Å². The number of hydrogen-bond donors (Lipinski definition) is 0. The van der Waals surface area contributed by atoms with Gasteiger partial charge >= 0.3 is 5.97 Å². The van der Waals surface area contributed by atoms with Gasteiger partial charge in [0.2, 0.25) is 0 Å². The second-order valence-corrected chi connectivity index (χ2v) is 9.46. The Morgan fingerprint density at radius 1 is 1.14 bits per heavy atom. The lowest BCUT2D eigenvalue weighted by atomic mass is 9.94. The number of esters is 1. The molecule has 6 heteroatoms. The quantitative estimate of drug-likeness (QED) is 0.344. The van der Waals surface area contributed by atoms with Crippen molar-refractivity contribution < 1.29 is 13.9 Å². The molecule has 0 aliphatic carbocycles. The first kappa shape index (κ1) is 25.7. The largest absolute Gasteiger partial charge is 0.466 e. The lowest BCUT2D eigenvalue weighted by molar-refractivity contribution is -0.143. The van der Waals surface area contributed by atoms with E-state index in [0.29, 0.717) is 25.1 Å². The second kappa shape index (κ2) is 12.0. The molecule has 3 aromatic rings. The van der Waals surface area contributed by atoms with E-state index in [1.165, 1.54) is 22.4 Å². The summed E-state index contributed by atoms with van der Waals surface area (Å²) in [7, 11) is 1.99. The van der Waals surface area contributed by atoms with Gasteiger partial charge in [0, 0.05) is 62.8 Å². The smallest absolute Gasteiger partial charge is 0.306 e. The number of aromatic nitrogens is 1. The number of carbonyl (C=O) groups excluding carboxylic acids is 1. The number of fused-ring (bicyclic) bond motifs is 1. The van der Waals surface area contributed by atoms with Gasteiger partial charge in [-0.3, -0.25) is 9.78 Å². The van der Waals surface area contributed by atoms with Gasteiger partial charge in [-0.05, 0) is 79.6 Å². The van der Waals surface area contributed by atoms with Gasteiger partial charge in [0.05, 0.1) is 6.61 Å². The fourth-order valence-electron chi connectivity index (χ4n) is 5.00. The number of carbonyl (C=O) groups is 1. The number of aryl methyl sites for hydroxylation is 2. The number of rotatable bonds is 10. The topological polar surface area (TPSA) is 45.7 Å². The molecule has 0 saturated heterocycles. The Labute approximate surface area is 213 Å². The van der Waals surface area contributed by atoms with Crippen molar-refractivity contribution in [1.29, 1.82) is 0 Å². The van der Waals surface area contributed by atoms with E-state index in [4.69, 9.17) is 4.74 Å². The molecule has 0 amide bonds. The summed E-state index contributed by atoms with van der Waals surface area (Å²) in [5.74, 6) is -0.582. The van der Waals surface area contributed by atoms with Crippen LogP contribution in [0.1, 0.15) is 47.7 Å². The van der Waals surface area contributed by atoms with Gasteiger partial charge in [-0.2, -0.15) is 0 Å². The van der Waals surface area contributed by atoms with Crippen LogP contribution in [0, 0.1) is 12.7 Å². The van der Waals surface area contributed by atoms with Crippen LogP contribution in [0.2, 0.25) is 0 Å². The number of benzene rings is 2. The summed E-state index contributed by atoms with van der Waals surface area (Å²) in [5, 5.41) is 0. The predicted molar refractivity (Wildman–Crippen MR) is 143 cm³/mol. The first-order valence-corrected chi connectivity index (χ1v) is 12.9. The highest BCUT2D eigenvalue weighted by atomic mass is 19.1. The van der Waals surface area contributed by atoms with E-state index in [1.807, 2.05) is 31.4 Å². The molecule has 1 aliphatic heterocycles. The lowest BCUT2D eigenvalue weighted by Gasteiger charge is -2.34. The number of halogens is 1. The molecule has 2 aromatic carbocycles.